The molecule has 0 fully saturated rings. The molecule has 0 atom stereocenters. The van der Waals surface area contributed by atoms with E-state index < -0.39 is 23.8 Å². The van der Waals surface area contributed by atoms with Gasteiger partial charge in [0, 0.05) is 5.70 Å². The molecule has 1 aliphatic heterocycles. The van der Waals surface area contributed by atoms with Crippen LogP contribution in [-0.2, 0) is 23.9 Å². The van der Waals surface area contributed by atoms with Crippen LogP contribution in [0.4, 0.5) is 0 Å². The zero-order valence-corrected chi connectivity index (χ0v) is 28.7. The molecular formula is C36H32IN3O6S. The molecule has 3 aromatic carbocycles. The molecule has 1 N–H and O–H groups in total. The second-order valence-corrected chi connectivity index (χ2v) is 12.0. The summed E-state index contributed by atoms with van der Waals surface area (Å²) in [4.78, 5) is 57.6. The lowest BCUT2D eigenvalue weighted by atomic mass is 9.99. The lowest BCUT2D eigenvalue weighted by molar-refractivity contribution is -0.143. The Morgan fingerprint density at radius 2 is 1.70 bits per heavy atom. The number of aliphatic imine (C=N–C) groups is 1. The number of hydrogen-bond acceptors (Lipinski definition) is 7. The van der Waals surface area contributed by atoms with Gasteiger partial charge in [-0.1, -0.05) is 103 Å². The van der Waals surface area contributed by atoms with Gasteiger partial charge in [0.25, 0.3) is 11.8 Å². The number of rotatable bonds is 12. The maximum atomic E-state index is 13.9. The minimum absolute atomic E-state index is 0.0752. The van der Waals surface area contributed by atoms with E-state index in [9.17, 15) is 19.2 Å². The van der Waals surface area contributed by atoms with Crippen LogP contribution in [0.1, 0.15) is 29.7 Å². The third kappa shape index (κ3) is 9.39. The predicted molar refractivity (Wildman–Crippen MR) is 192 cm³/mol. The van der Waals surface area contributed by atoms with Crippen LogP contribution in [0.15, 0.2) is 126 Å². The van der Waals surface area contributed by atoms with Crippen LogP contribution in [0, 0.1) is 3.57 Å². The lowest BCUT2D eigenvalue weighted by Gasteiger charge is -2.28. The van der Waals surface area contributed by atoms with Crippen molar-refractivity contribution in [1.82, 2.24) is 10.2 Å². The van der Waals surface area contributed by atoms with E-state index in [2.05, 4.69) is 21.6 Å². The molecule has 4 rings (SSSR count). The average Bonchev–Trinajstić information content (AvgIpc) is 3.09. The summed E-state index contributed by atoms with van der Waals surface area (Å²) < 4.78 is 10.8. The number of allylic oxidation sites excluding steroid dienone is 4. The SMILES string of the molecule is C=C/C=C\C(=C/C)N1C(=O)/C(=C/c2ccc(OCC(=O)OC)c(I)c2)C(=O)N=C1SCC(=O)NC(c1ccccc1)c1ccccc1. The Balaban J connectivity index is 1.59. The molecule has 240 valence electrons. The maximum Gasteiger partial charge on any atom is 0.343 e. The molecule has 9 nitrogen and oxygen atoms in total. The molecule has 0 bridgehead atoms. The topological polar surface area (TPSA) is 114 Å². The number of carbonyl (C=O) groups is 4. The van der Waals surface area contributed by atoms with Gasteiger partial charge in [0.1, 0.15) is 11.3 Å². The number of esters is 1. The first-order valence-corrected chi connectivity index (χ1v) is 16.5. The smallest absolute Gasteiger partial charge is 0.343 e. The standard InChI is InChI=1S/C36H32IN3O6S/c1-4-6-17-27(5-2)40-35(44)28(20-24-18-19-30(29(37)21-24)46-22-32(42)45-3)34(43)39-36(40)47-23-31(41)38-33(25-13-9-7-10-14-25)26-15-11-8-12-16-26/h4-21,33H,1,22-23H2,2-3H3,(H,38,41)/b17-6-,27-5+,28-20+. The number of benzene rings is 3. The lowest BCUT2D eigenvalue weighted by Crippen LogP contribution is -2.42. The number of thioether (sulfide) groups is 1. The number of halogens is 1. The van der Waals surface area contributed by atoms with Crippen molar-refractivity contribution in [2.45, 2.75) is 13.0 Å². The number of hydrogen-bond donors (Lipinski definition) is 1. The van der Waals surface area contributed by atoms with Crippen LogP contribution >= 0.6 is 34.4 Å². The number of amides is 3. The molecular weight excluding hydrogens is 729 g/mol. The normalized spacial score (nSPS) is 14.4. The Labute approximate surface area is 291 Å². The summed E-state index contributed by atoms with van der Waals surface area (Å²) in [6.07, 6.45) is 8.06. The van der Waals surface area contributed by atoms with Crippen molar-refractivity contribution < 1.29 is 28.7 Å². The first kappa shape index (κ1) is 35.1. The molecule has 1 heterocycles. The molecule has 3 amide bonds. The van der Waals surface area contributed by atoms with Gasteiger partial charge in [-0.2, -0.15) is 4.99 Å². The Bertz CT molecular complexity index is 1730. The number of amidine groups is 1. The van der Waals surface area contributed by atoms with Crippen molar-refractivity contribution in [1.29, 1.82) is 0 Å². The molecule has 0 unspecified atom stereocenters. The van der Waals surface area contributed by atoms with Gasteiger partial charge in [-0.25, -0.2) is 4.79 Å². The second kappa shape index (κ2) is 17.2. The van der Waals surface area contributed by atoms with Crippen molar-refractivity contribution in [3.63, 3.8) is 0 Å². The van der Waals surface area contributed by atoms with E-state index in [1.54, 1.807) is 49.4 Å². The van der Waals surface area contributed by atoms with Gasteiger partial charge in [0.2, 0.25) is 5.91 Å². The Hall–Kier alpha value is -4.75. The van der Waals surface area contributed by atoms with Gasteiger partial charge in [0.05, 0.1) is 22.5 Å². The van der Waals surface area contributed by atoms with Crippen molar-refractivity contribution in [3.05, 3.63) is 141 Å². The molecule has 0 aromatic heterocycles. The van der Waals surface area contributed by atoms with Gasteiger partial charge in [-0.05, 0) is 70.5 Å². The highest BCUT2D eigenvalue weighted by Gasteiger charge is 2.35. The van der Waals surface area contributed by atoms with E-state index in [1.165, 1.54) is 18.1 Å². The molecule has 0 radical (unpaired) electrons. The fraction of sp³-hybridized carbons (Fsp3) is 0.139. The number of carbonyl (C=O) groups excluding carboxylic acids is 4. The summed E-state index contributed by atoms with van der Waals surface area (Å²) >= 11 is 3.03. The van der Waals surface area contributed by atoms with E-state index in [0.717, 1.165) is 22.9 Å². The summed E-state index contributed by atoms with van der Waals surface area (Å²) in [5, 5.41) is 3.16. The third-order valence-corrected chi connectivity index (χ3v) is 8.53. The molecule has 0 saturated carbocycles. The van der Waals surface area contributed by atoms with Crippen LogP contribution in [0.25, 0.3) is 6.08 Å². The van der Waals surface area contributed by atoms with Crippen LogP contribution < -0.4 is 10.1 Å². The minimum Gasteiger partial charge on any atom is -0.481 e. The summed E-state index contributed by atoms with van der Waals surface area (Å²) in [7, 11) is 1.27. The fourth-order valence-electron chi connectivity index (χ4n) is 4.48. The van der Waals surface area contributed by atoms with E-state index in [-0.39, 0.29) is 29.0 Å². The molecule has 47 heavy (non-hydrogen) atoms. The fourth-order valence-corrected chi connectivity index (χ4v) is 5.98. The highest BCUT2D eigenvalue weighted by Crippen LogP contribution is 2.29. The van der Waals surface area contributed by atoms with Crippen molar-refractivity contribution in [2.75, 3.05) is 19.5 Å². The minimum atomic E-state index is -0.732. The van der Waals surface area contributed by atoms with E-state index in [0.29, 0.717) is 20.6 Å². The van der Waals surface area contributed by atoms with Crippen molar-refractivity contribution in [3.8, 4) is 5.75 Å². The van der Waals surface area contributed by atoms with Crippen molar-refractivity contribution in [2.24, 2.45) is 4.99 Å². The van der Waals surface area contributed by atoms with Crippen LogP contribution in [-0.4, -0.2) is 53.2 Å². The summed E-state index contributed by atoms with van der Waals surface area (Å²) in [6, 6.07) is 23.8. The maximum absolute atomic E-state index is 13.9. The predicted octanol–water partition coefficient (Wildman–Crippen LogP) is 6.24. The number of methoxy groups -OCH3 is 1. The van der Waals surface area contributed by atoms with Gasteiger partial charge in [0.15, 0.2) is 11.8 Å². The highest BCUT2D eigenvalue weighted by molar-refractivity contribution is 14.1. The summed E-state index contributed by atoms with van der Waals surface area (Å²) in [6.45, 7) is 5.21. The number of ether oxygens (including phenoxy) is 2. The van der Waals surface area contributed by atoms with Gasteiger partial charge in [-0.3, -0.25) is 19.3 Å². The largest absolute Gasteiger partial charge is 0.481 e. The molecule has 0 saturated heterocycles. The van der Waals surface area contributed by atoms with Crippen LogP contribution in [0.3, 0.4) is 0 Å². The third-order valence-electron chi connectivity index (χ3n) is 6.75. The van der Waals surface area contributed by atoms with E-state index >= 15 is 0 Å². The zero-order chi connectivity index (χ0) is 33.8. The van der Waals surface area contributed by atoms with Crippen LogP contribution in [0.5, 0.6) is 5.75 Å². The molecule has 1 aliphatic rings. The van der Waals surface area contributed by atoms with Crippen molar-refractivity contribution >= 4 is 69.3 Å². The number of nitrogens with one attached hydrogen (secondary N) is 1. The first-order valence-electron chi connectivity index (χ1n) is 14.4. The van der Waals surface area contributed by atoms with Gasteiger partial charge in [-0.15, -0.1) is 0 Å². The molecule has 0 spiro atoms. The van der Waals surface area contributed by atoms with E-state index in [4.69, 9.17) is 4.74 Å². The molecule has 3 aromatic rings. The number of nitrogens with zero attached hydrogens (tertiary/aromatic N) is 2. The summed E-state index contributed by atoms with van der Waals surface area (Å²) in [5.41, 5.74) is 2.68. The van der Waals surface area contributed by atoms with Gasteiger partial charge < -0.3 is 14.8 Å². The quantitative estimate of drug-likeness (QED) is 0.0765. The van der Waals surface area contributed by atoms with Crippen LogP contribution in [0.2, 0.25) is 0 Å². The zero-order valence-electron chi connectivity index (χ0n) is 25.7. The van der Waals surface area contributed by atoms with Gasteiger partial charge >= 0.3 is 5.97 Å². The Morgan fingerprint density at radius 3 is 2.28 bits per heavy atom. The average molecular weight is 762 g/mol. The monoisotopic (exact) mass is 761 g/mol. The summed E-state index contributed by atoms with van der Waals surface area (Å²) in [5.74, 6) is -1.80. The highest BCUT2D eigenvalue weighted by atomic mass is 127. The molecule has 0 aliphatic carbocycles. The first-order chi connectivity index (χ1) is 22.7. The Morgan fingerprint density at radius 1 is 1.04 bits per heavy atom. The molecule has 11 heteroatoms. The second-order valence-electron chi connectivity index (χ2n) is 9.87. The Kier molecular flexibility index (Phi) is 12.9. The van der Waals surface area contributed by atoms with E-state index in [1.807, 2.05) is 83.3 Å².